The zero-order valence-electron chi connectivity index (χ0n) is 14.9. The highest BCUT2D eigenvalue weighted by atomic mass is 127. The minimum absolute atomic E-state index is 0. The quantitative estimate of drug-likeness (QED) is 0.296. The molecule has 0 fully saturated rings. The predicted octanol–water partition coefficient (Wildman–Crippen LogP) is 3.72. The monoisotopic (exact) mass is 423 g/mol. The van der Waals surface area contributed by atoms with Crippen molar-refractivity contribution in [3.63, 3.8) is 0 Å². The Kier molecular flexibility index (Phi) is 11.1. The fraction of sp³-hybridized carbons (Fsp3) is 0.824. The highest BCUT2D eigenvalue weighted by Crippen LogP contribution is 2.21. The van der Waals surface area contributed by atoms with E-state index in [4.69, 9.17) is 4.74 Å². The molecule has 0 saturated heterocycles. The number of guanidine groups is 1. The van der Waals surface area contributed by atoms with Gasteiger partial charge in [-0.25, -0.2) is 0 Å². The van der Waals surface area contributed by atoms with E-state index in [1.54, 1.807) is 0 Å². The van der Waals surface area contributed by atoms with Crippen LogP contribution in [0.5, 0.6) is 0 Å². The van der Waals surface area contributed by atoms with Gasteiger partial charge < -0.3 is 15.4 Å². The van der Waals surface area contributed by atoms with Crippen LogP contribution in [0.4, 0.5) is 0 Å². The van der Waals surface area contributed by atoms with Gasteiger partial charge in [-0.15, -0.1) is 24.0 Å². The lowest BCUT2D eigenvalue weighted by molar-refractivity contribution is 0.153. The van der Waals surface area contributed by atoms with Crippen molar-refractivity contribution < 1.29 is 4.74 Å². The minimum Gasteiger partial charge on any atom is -0.377 e. The molecule has 0 radical (unpaired) electrons. The number of nitrogens with one attached hydrogen (secondary N) is 2. The Balaban J connectivity index is 0.00000441. The Hall–Kier alpha value is -0.300. The normalized spacial score (nSPS) is 17.3. The number of nitrogens with zero attached hydrogens (tertiary/aromatic N) is 1. The summed E-state index contributed by atoms with van der Waals surface area (Å²) in [4.78, 5) is 4.31. The molecule has 2 N–H and O–H groups in total. The highest BCUT2D eigenvalue weighted by Gasteiger charge is 2.13. The molecule has 0 aromatic heterocycles. The van der Waals surface area contributed by atoms with Gasteiger partial charge in [-0.3, -0.25) is 4.99 Å². The van der Waals surface area contributed by atoms with Gasteiger partial charge in [0.1, 0.15) is 0 Å². The van der Waals surface area contributed by atoms with Crippen LogP contribution in [0, 0.1) is 5.41 Å². The van der Waals surface area contributed by atoms with Gasteiger partial charge in [-0.2, -0.15) is 0 Å². The maximum Gasteiger partial charge on any atom is 0.191 e. The first-order chi connectivity index (χ1) is 9.90. The Morgan fingerprint density at radius 3 is 2.68 bits per heavy atom. The molecule has 1 unspecified atom stereocenters. The highest BCUT2D eigenvalue weighted by molar-refractivity contribution is 14.0. The van der Waals surface area contributed by atoms with Crippen molar-refractivity contribution in [3.05, 3.63) is 11.6 Å². The van der Waals surface area contributed by atoms with Gasteiger partial charge in [0.2, 0.25) is 0 Å². The molecule has 1 atom stereocenters. The van der Waals surface area contributed by atoms with Gasteiger partial charge in [0.05, 0.1) is 13.2 Å². The molecule has 1 aliphatic rings. The van der Waals surface area contributed by atoms with Crippen molar-refractivity contribution in [1.82, 2.24) is 10.6 Å². The molecule has 130 valence electrons. The average molecular weight is 423 g/mol. The topological polar surface area (TPSA) is 45.7 Å². The second-order valence-electron chi connectivity index (χ2n) is 7.08. The van der Waals surface area contributed by atoms with E-state index in [9.17, 15) is 0 Å². The van der Waals surface area contributed by atoms with Gasteiger partial charge in [-0.05, 0) is 38.0 Å². The molecule has 1 heterocycles. The third-order valence-electron chi connectivity index (χ3n) is 3.73. The molecule has 0 spiro atoms. The molecule has 0 amide bonds. The molecule has 0 saturated carbocycles. The summed E-state index contributed by atoms with van der Waals surface area (Å²) in [5, 5.41) is 6.87. The van der Waals surface area contributed by atoms with Crippen LogP contribution < -0.4 is 10.6 Å². The molecule has 5 heteroatoms. The fourth-order valence-corrected chi connectivity index (χ4v) is 2.28. The Bertz CT molecular complexity index is 361. The summed E-state index contributed by atoms with van der Waals surface area (Å²) >= 11 is 0. The second kappa shape index (κ2) is 11.3. The summed E-state index contributed by atoms with van der Waals surface area (Å²) in [5.74, 6) is 0.907. The molecular weight excluding hydrogens is 389 g/mol. The van der Waals surface area contributed by atoms with Crippen LogP contribution in [0.25, 0.3) is 0 Å². The SMILES string of the molecule is CN=C(NCCC1=CCOCC1)NC(C)CCC(C)(C)C.I. The number of ether oxygens (including phenoxy) is 1. The lowest BCUT2D eigenvalue weighted by Gasteiger charge is -2.23. The van der Waals surface area contributed by atoms with Crippen molar-refractivity contribution >= 4 is 29.9 Å². The Morgan fingerprint density at radius 2 is 2.14 bits per heavy atom. The second-order valence-corrected chi connectivity index (χ2v) is 7.08. The first-order valence-electron chi connectivity index (χ1n) is 8.13. The van der Waals surface area contributed by atoms with E-state index in [-0.39, 0.29) is 24.0 Å². The van der Waals surface area contributed by atoms with E-state index >= 15 is 0 Å². The first kappa shape index (κ1) is 21.7. The van der Waals surface area contributed by atoms with Crippen molar-refractivity contribution in [2.24, 2.45) is 10.4 Å². The molecule has 4 nitrogen and oxygen atoms in total. The zero-order chi connectivity index (χ0) is 15.7. The predicted molar refractivity (Wildman–Crippen MR) is 106 cm³/mol. The van der Waals surface area contributed by atoms with Crippen LogP contribution in [-0.4, -0.2) is 38.8 Å². The molecule has 0 aliphatic carbocycles. The number of aliphatic imine (C=N–C) groups is 1. The zero-order valence-corrected chi connectivity index (χ0v) is 17.2. The Labute approximate surface area is 153 Å². The summed E-state index contributed by atoms with van der Waals surface area (Å²) in [6, 6.07) is 0.442. The molecule has 1 rings (SSSR count). The summed E-state index contributed by atoms with van der Waals surface area (Å²) < 4.78 is 5.32. The summed E-state index contributed by atoms with van der Waals surface area (Å²) in [6.45, 7) is 11.6. The lowest BCUT2D eigenvalue weighted by Crippen LogP contribution is -2.42. The van der Waals surface area contributed by atoms with Crippen LogP contribution in [0.2, 0.25) is 0 Å². The maximum absolute atomic E-state index is 5.32. The van der Waals surface area contributed by atoms with Crippen molar-refractivity contribution in [1.29, 1.82) is 0 Å². The van der Waals surface area contributed by atoms with Crippen LogP contribution in [0.3, 0.4) is 0 Å². The smallest absolute Gasteiger partial charge is 0.191 e. The molecular formula is C17H34IN3O. The van der Waals surface area contributed by atoms with E-state index in [0.29, 0.717) is 11.5 Å². The molecule has 0 bridgehead atoms. The number of hydrogen-bond acceptors (Lipinski definition) is 2. The van der Waals surface area contributed by atoms with Crippen LogP contribution >= 0.6 is 24.0 Å². The maximum atomic E-state index is 5.32. The standard InChI is InChI=1S/C17H33N3O.HI/c1-14(6-10-17(2,3)4)20-16(18-5)19-11-7-15-8-12-21-13-9-15;/h8,14H,6-7,9-13H2,1-5H3,(H2,18,19,20);1H. The first-order valence-corrected chi connectivity index (χ1v) is 8.13. The molecule has 0 aromatic carbocycles. The van der Waals surface area contributed by atoms with E-state index in [0.717, 1.165) is 45.0 Å². The average Bonchev–Trinajstić information content (AvgIpc) is 2.44. The van der Waals surface area contributed by atoms with Gasteiger partial charge in [0, 0.05) is 19.6 Å². The largest absolute Gasteiger partial charge is 0.377 e. The summed E-state index contributed by atoms with van der Waals surface area (Å²) in [5.41, 5.74) is 1.88. The van der Waals surface area contributed by atoms with Crippen molar-refractivity contribution in [2.75, 3.05) is 26.8 Å². The third kappa shape index (κ3) is 10.4. The van der Waals surface area contributed by atoms with Crippen molar-refractivity contribution in [2.45, 2.75) is 59.4 Å². The molecule has 1 aliphatic heterocycles. The lowest BCUT2D eigenvalue weighted by atomic mass is 9.89. The van der Waals surface area contributed by atoms with Crippen LogP contribution in [-0.2, 0) is 4.74 Å². The minimum atomic E-state index is 0. The van der Waals surface area contributed by atoms with Gasteiger partial charge >= 0.3 is 0 Å². The molecule has 22 heavy (non-hydrogen) atoms. The van der Waals surface area contributed by atoms with Gasteiger partial charge in [0.15, 0.2) is 5.96 Å². The fourth-order valence-electron chi connectivity index (χ4n) is 2.28. The van der Waals surface area contributed by atoms with E-state index in [2.05, 4.69) is 49.4 Å². The number of hydrogen-bond donors (Lipinski definition) is 2. The Morgan fingerprint density at radius 1 is 1.41 bits per heavy atom. The van der Waals surface area contributed by atoms with Gasteiger partial charge in [-0.1, -0.05) is 32.4 Å². The summed E-state index contributed by atoms with van der Waals surface area (Å²) in [7, 11) is 1.83. The van der Waals surface area contributed by atoms with E-state index in [1.165, 1.54) is 12.0 Å². The van der Waals surface area contributed by atoms with Crippen molar-refractivity contribution in [3.8, 4) is 0 Å². The summed E-state index contributed by atoms with van der Waals surface area (Å²) in [6.07, 6.45) is 6.71. The number of rotatable bonds is 6. The van der Waals surface area contributed by atoms with E-state index < -0.39 is 0 Å². The molecule has 0 aromatic rings. The van der Waals surface area contributed by atoms with Crippen LogP contribution in [0.1, 0.15) is 53.4 Å². The van der Waals surface area contributed by atoms with E-state index in [1.807, 2.05) is 7.05 Å². The van der Waals surface area contributed by atoms with Gasteiger partial charge in [0.25, 0.3) is 0 Å². The third-order valence-corrected chi connectivity index (χ3v) is 3.73. The van der Waals surface area contributed by atoms with Crippen LogP contribution in [0.15, 0.2) is 16.6 Å². The number of halogens is 1.